The number of aromatic nitrogens is 2. The molecule has 1 aromatic carbocycles. The van der Waals surface area contributed by atoms with Gasteiger partial charge in [-0.15, -0.1) is 0 Å². The number of halogens is 1. The molecule has 3 nitrogen and oxygen atoms in total. The van der Waals surface area contributed by atoms with Crippen molar-refractivity contribution in [3.05, 3.63) is 54.4 Å². The predicted molar refractivity (Wildman–Crippen MR) is 60.5 cm³/mol. The summed E-state index contributed by atoms with van der Waals surface area (Å²) >= 11 is 0. The van der Waals surface area contributed by atoms with Crippen LogP contribution in [-0.4, -0.2) is 17.0 Å². The van der Waals surface area contributed by atoms with Crippen molar-refractivity contribution in [2.75, 3.05) is 11.9 Å². The van der Waals surface area contributed by atoms with E-state index < -0.39 is 0 Å². The van der Waals surface area contributed by atoms with Gasteiger partial charge in [-0.1, -0.05) is 0 Å². The molecule has 0 aliphatic rings. The molecule has 0 aliphatic carbocycles. The fourth-order valence-corrected chi connectivity index (χ4v) is 1.41. The number of benzene rings is 1. The molecule has 0 saturated carbocycles. The molecule has 16 heavy (non-hydrogen) atoms. The molecule has 0 unspecified atom stereocenters. The molecule has 2 rings (SSSR count). The Morgan fingerprint density at radius 2 is 1.75 bits per heavy atom. The van der Waals surface area contributed by atoms with Gasteiger partial charge in [0.15, 0.2) is 0 Å². The average molecular weight is 217 g/mol. The minimum atomic E-state index is -0.229. The lowest BCUT2D eigenvalue weighted by Gasteiger charge is -2.17. The van der Waals surface area contributed by atoms with Crippen LogP contribution < -0.4 is 4.90 Å². The van der Waals surface area contributed by atoms with Gasteiger partial charge in [0, 0.05) is 25.1 Å². The van der Waals surface area contributed by atoms with Gasteiger partial charge < -0.3 is 4.90 Å². The SMILES string of the molecule is CN(Cc1ncccn1)c1ccc(F)cc1. The molecule has 0 amide bonds. The first-order valence-corrected chi connectivity index (χ1v) is 4.98. The van der Waals surface area contributed by atoms with E-state index in [1.54, 1.807) is 30.6 Å². The molecule has 2 aromatic rings. The minimum Gasteiger partial charge on any atom is -0.367 e. The Kier molecular flexibility index (Phi) is 3.10. The van der Waals surface area contributed by atoms with Crippen LogP contribution in [0.5, 0.6) is 0 Å². The smallest absolute Gasteiger partial charge is 0.147 e. The van der Waals surface area contributed by atoms with Gasteiger partial charge >= 0.3 is 0 Å². The van der Waals surface area contributed by atoms with Crippen LogP contribution in [0.2, 0.25) is 0 Å². The minimum absolute atomic E-state index is 0.229. The zero-order valence-corrected chi connectivity index (χ0v) is 8.97. The number of hydrogen-bond acceptors (Lipinski definition) is 3. The fourth-order valence-electron chi connectivity index (χ4n) is 1.41. The van der Waals surface area contributed by atoms with Crippen molar-refractivity contribution < 1.29 is 4.39 Å². The Labute approximate surface area is 93.6 Å². The summed E-state index contributed by atoms with van der Waals surface area (Å²) in [5.74, 6) is 0.516. The van der Waals surface area contributed by atoms with E-state index in [-0.39, 0.29) is 5.82 Å². The Morgan fingerprint density at radius 3 is 2.38 bits per heavy atom. The van der Waals surface area contributed by atoms with E-state index >= 15 is 0 Å². The van der Waals surface area contributed by atoms with Gasteiger partial charge in [0.1, 0.15) is 11.6 Å². The first kappa shape index (κ1) is 10.5. The quantitative estimate of drug-likeness (QED) is 0.789. The van der Waals surface area contributed by atoms with Crippen molar-refractivity contribution in [3.8, 4) is 0 Å². The van der Waals surface area contributed by atoms with Gasteiger partial charge in [0.2, 0.25) is 0 Å². The third-order valence-corrected chi connectivity index (χ3v) is 2.27. The number of rotatable bonds is 3. The number of nitrogens with zero attached hydrogens (tertiary/aromatic N) is 3. The monoisotopic (exact) mass is 217 g/mol. The molecular formula is C12H12FN3. The molecule has 0 bridgehead atoms. The third-order valence-electron chi connectivity index (χ3n) is 2.27. The maximum absolute atomic E-state index is 12.7. The molecule has 1 heterocycles. The number of anilines is 1. The van der Waals surface area contributed by atoms with Gasteiger partial charge in [-0.05, 0) is 30.3 Å². The third kappa shape index (κ3) is 2.53. The summed E-state index contributed by atoms with van der Waals surface area (Å²) in [7, 11) is 1.92. The van der Waals surface area contributed by atoms with Crippen LogP contribution >= 0.6 is 0 Å². The van der Waals surface area contributed by atoms with Crippen LogP contribution in [0.4, 0.5) is 10.1 Å². The van der Waals surface area contributed by atoms with Gasteiger partial charge in [0.25, 0.3) is 0 Å². The second-order valence-corrected chi connectivity index (χ2v) is 3.50. The summed E-state index contributed by atoms with van der Waals surface area (Å²) < 4.78 is 12.7. The van der Waals surface area contributed by atoms with Crippen molar-refractivity contribution in [1.29, 1.82) is 0 Å². The topological polar surface area (TPSA) is 29.0 Å². The summed E-state index contributed by atoms with van der Waals surface area (Å²) in [5, 5.41) is 0. The van der Waals surface area contributed by atoms with E-state index in [9.17, 15) is 4.39 Å². The van der Waals surface area contributed by atoms with Crippen molar-refractivity contribution in [2.24, 2.45) is 0 Å². The highest BCUT2D eigenvalue weighted by Gasteiger charge is 2.03. The highest BCUT2D eigenvalue weighted by molar-refractivity contribution is 5.45. The maximum atomic E-state index is 12.7. The first-order valence-electron chi connectivity index (χ1n) is 4.98. The first-order chi connectivity index (χ1) is 7.75. The molecule has 0 saturated heterocycles. The molecule has 0 N–H and O–H groups in total. The van der Waals surface area contributed by atoms with Gasteiger partial charge in [-0.2, -0.15) is 0 Å². The maximum Gasteiger partial charge on any atom is 0.147 e. The second kappa shape index (κ2) is 4.70. The van der Waals surface area contributed by atoms with E-state index in [0.29, 0.717) is 6.54 Å². The van der Waals surface area contributed by atoms with Crippen LogP contribution in [-0.2, 0) is 6.54 Å². The summed E-state index contributed by atoms with van der Waals surface area (Å²) in [6.07, 6.45) is 3.42. The Hall–Kier alpha value is -1.97. The lowest BCUT2D eigenvalue weighted by atomic mass is 10.3. The Balaban J connectivity index is 2.09. The van der Waals surface area contributed by atoms with Gasteiger partial charge in [0.05, 0.1) is 6.54 Å². The molecule has 4 heteroatoms. The Morgan fingerprint density at radius 1 is 1.12 bits per heavy atom. The molecule has 0 atom stereocenters. The van der Waals surface area contributed by atoms with Crippen LogP contribution in [0.25, 0.3) is 0 Å². The van der Waals surface area contributed by atoms with Crippen molar-refractivity contribution in [3.63, 3.8) is 0 Å². The van der Waals surface area contributed by atoms with Crippen molar-refractivity contribution >= 4 is 5.69 Å². The molecule has 0 fully saturated rings. The van der Waals surface area contributed by atoms with E-state index in [1.807, 2.05) is 11.9 Å². The van der Waals surface area contributed by atoms with Crippen LogP contribution in [0.3, 0.4) is 0 Å². The van der Waals surface area contributed by atoms with E-state index in [4.69, 9.17) is 0 Å². The van der Waals surface area contributed by atoms with Crippen molar-refractivity contribution in [1.82, 2.24) is 9.97 Å². The van der Waals surface area contributed by atoms with Crippen LogP contribution in [0.15, 0.2) is 42.7 Å². The van der Waals surface area contributed by atoms with Gasteiger partial charge in [-0.3, -0.25) is 0 Å². The van der Waals surface area contributed by atoms with E-state index in [2.05, 4.69) is 9.97 Å². The fraction of sp³-hybridized carbons (Fsp3) is 0.167. The summed E-state index contributed by atoms with van der Waals surface area (Å²) in [6, 6.07) is 8.13. The molecular weight excluding hydrogens is 205 g/mol. The lowest BCUT2D eigenvalue weighted by Crippen LogP contribution is -2.17. The Bertz CT molecular complexity index is 442. The normalized spacial score (nSPS) is 10.1. The van der Waals surface area contributed by atoms with Crippen molar-refractivity contribution in [2.45, 2.75) is 6.54 Å². The zero-order valence-electron chi connectivity index (χ0n) is 8.97. The highest BCUT2D eigenvalue weighted by atomic mass is 19.1. The summed E-state index contributed by atoms with van der Waals surface area (Å²) in [5.41, 5.74) is 0.939. The van der Waals surface area contributed by atoms with E-state index in [0.717, 1.165) is 11.5 Å². The van der Waals surface area contributed by atoms with E-state index in [1.165, 1.54) is 12.1 Å². The molecule has 0 radical (unpaired) electrons. The van der Waals surface area contributed by atoms with Gasteiger partial charge in [-0.25, -0.2) is 14.4 Å². The zero-order chi connectivity index (χ0) is 11.4. The average Bonchev–Trinajstić information content (AvgIpc) is 2.31. The molecule has 1 aromatic heterocycles. The predicted octanol–water partition coefficient (Wildman–Crippen LogP) is 2.25. The molecule has 0 spiro atoms. The second-order valence-electron chi connectivity index (χ2n) is 3.50. The summed E-state index contributed by atoms with van der Waals surface area (Å²) in [4.78, 5) is 10.2. The van der Waals surface area contributed by atoms with Crippen LogP contribution in [0.1, 0.15) is 5.82 Å². The largest absolute Gasteiger partial charge is 0.367 e. The lowest BCUT2D eigenvalue weighted by molar-refractivity contribution is 0.627. The number of hydrogen-bond donors (Lipinski definition) is 0. The van der Waals surface area contributed by atoms with Crippen LogP contribution in [0, 0.1) is 5.82 Å². The standard InChI is InChI=1S/C12H12FN3/c1-16(9-12-14-7-2-8-15-12)11-5-3-10(13)4-6-11/h2-8H,9H2,1H3. The highest BCUT2D eigenvalue weighted by Crippen LogP contribution is 2.14. The summed E-state index contributed by atoms with van der Waals surface area (Å²) in [6.45, 7) is 0.604. The molecule has 82 valence electrons. The molecule has 0 aliphatic heterocycles.